The van der Waals surface area contributed by atoms with Gasteiger partial charge in [0.1, 0.15) is 5.69 Å². The van der Waals surface area contributed by atoms with Gasteiger partial charge in [-0.05, 0) is 25.0 Å². The normalized spacial score (nSPS) is 10.7. The summed E-state index contributed by atoms with van der Waals surface area (Å²) >= 11 is 0. The second-order valence-corrected chi connectivity index (χ2v) is 4.18. The maximum absolute atomic E-state index is 12.0. The van der Waals surface area contributed by atoms with Crippen LogP contribution >= 0.6 is 0 Å². The van der Waals surface area contributed by atoms with Gasteiger partial charge in [-0.2, -0.15) is 0 Å². The summed E-state index contributed by atoms with van der Waals surface area (Å²) < 4.78 is 1.52. The Morgan fingerprint density at radius 2 is 2.06 bits per heavy atom. The lowest BCUT2D eigenvalue weighted by Crippen LogP contribution is -2.17. The summed E-state index contributed by atoms with van der Waals surface area (Å²) in [6.07, 6.45) is 1.75. The van der Waals surface area contributed by atoms with E-state index in [1.54, 1.807) is 0 Å². The van der Waals surface area contributed by atoms with Gasteiger partial charge < -0.3 is 5.73 Å². The molecule has 0 fully saturated rings. The van der Waals surface area contributed by atoms with Crippen LogP contribution in [0, 0.1) is 6.92 Å². The van der Waals surface area contributed by atoms with E-state index in [0.29, 0.717) is 5.69 Å². The Balaban J connectivity index is 2.58. The molecule has 90 valence electrons. The number of anilines is 1. The Morgan fingerprint density at radius 3 is 2.71 bits per heavy atom. The summed E-state index contributed by atoms with van der Waals surface area (Å²) in [6, 6.07) is 7.73. The molecule has 0 unspecified atom stereocenters. The lowest BCUT2D eigenvalue weighted by atomic mass is 10.2. The molecule has 4 nitrogen and oxygen atoms in total. The predicted molar refractivity (Wildman–Crippen MR) is 69.5 cm³/mol. The molecule has 0 amide bonds. The molecule has 17 heavy (non-hydrogen) atoms. The van der Waals surface area contributed by atoms with Crippen LogP contribution in [-0.4, -0.2) is 9.78 Å². The molecule has 0 spiro atoms. The van der Waals surface area contributed by atoms with Crippen molar-refractivity contribution in [3.8, 4) is 5.69 Å². The van der Waals surface area contributed by atoms with Crippen LogP contribution in [0.5, 0.6) is 0 Å². The molecule has 0 aliphatic rings. The Kier molecular flexibility index (Phi) is 3.04. The lowest BCUT2D eigenvalue weighted by Gasteiger charge is -2.04. The third-order valence-corrected chi connectivity index (χ3v) is 2.86. The fourth-order valence-electron chi connectivity index (χ4n) is 1.92. The minimum atomic E-state index is -0.164. The summed E-state index contributed by atoms with van der Waals surface area (Å²) in [4.78, 5) is 12.0. The summed E-state index contributed by atoms with van der Waals surface area (Å²) in [5.41, 5.74) is 8.69. The van der Waals surface area contributed by atoms with Crippen molar-refractivity contribution >= 4 is 5.69 Å². The molecule has 2 rings (SSSR count). The zero-order valence-corrected chi connectivity index (χ0v) is 10.2. The van der Waals surface area contributed by atoms with Crippen LogP contribution in [0.4, 0.5) is 5.69 Å². The van der Waals surface area contributed by atoms with E-state index >= 15 is 0 Å². The number of nitrogens with zero attached hydrogens (tertiary/aromatic N) is 1. The molecule has 0 aliphatic carbocycles. The minimum Gasteiger partial charge on any atom is -0.393 e. The van der Waals surface area contributed by atoms with Crippen molar-refractivity contribution in [1.82, 2.24) is 9.78 Å². The van der Waals surface area contributed by atoms with Crippen LogP contribution in [0.15, 0.2) is 29.1 Å². The van der Waals surface area contributed by atoms with Crippen LogP contribution in [0.2, 0.25) is 0 Å². The minimum absolute atomic E-state index is 0.164. The molecule has 4 heteroatoms. The van der Waals surface area contributed by atoms with Gasteiger partial charge in [0.25, 0.3) is 5.56 Å². The van der Waals surface area contributed by atoms with Gasteiger partial charge in [0.2, 0.25) is 0 Å². The molecule has 2 aromatic rings. The van der Waals surface area contributed by atoms with Crippen LogP contribution in [0.1, 0.15) is 24.6 Å². The van der Waals surface area contributed by atoms with Gasteiger partial charge in [0, 0.05) is 0 Å². The first-order valence-electron chi connectivity index (χ1n) is 5.80. The molecule has 0 radical (unpaired) electrons. The fraction of sp³-hybridized carbons (Fsp3) is 0.308. The molecule has 1 aromatic heterocycles. The van der Waals surface area contributed by atoms with Crippen LogP contribution < -0.4 is 11.3 Å². The molecule has 1 aromatic carbocycles. The molecule has 1 heterocycles. The number of para-hydroxylation sites is 1. The van der Waals surface area contributed by atoms with Gasteiger partial charge in [-0.3, -0.25) is 9.89 Å². The Hall–Kier alpha value is -1.97. The van der Waals surface area contributed by atoms with Crippen LogP contribution in [0.3, 0.4) is 0 Å². The molecule has 0 atom stereocenters. The average Bonchev–Trinajstić information content (AvgIpc) is 2.59. The second-order valence-electron chi connectivity index (χ2n) is 4.18. The van der Waals surface area contributed by atoms with Crippen molar-refractivity contribution in [3.63, 3.8) is 0 Å². The van der Waals surface area contributed by atoms with Crippen molar-refractivity contribution in [2.45, 2.75) is 26.7 Å². The quantitative estimate of drug-likeness (QED) is 0.848. The third-order valence-electron chi connectivity index (χ3n) is 2.86. The zero-order chi connectivity index (χ0) is 12.4. The number of nitrogens with two attached hydrogens (primary N) is 1. The number of H-pyrrole nitrogens is 1. The summed E-state index contributed by atoms with van der Waals surface area (Å²) in [7, 11) is 0. The number of aryl methyl sites for hydroxylation is 2. The van der Waals surface area contributed by atoms with Crippen LogP contribution in [0.25, 0.3) is 5.69 Å². The number of nitrogen functional groups attached to an aromatic ring is 1. The van der Waals surface area contributed by atoms with Crippen molar-refractivity contribution in [1.29, 1.82) is 0 Å². The number of aromatic nitrogens is 2. The first-order chi connectivity index (χ1) is 8.15. The van der Waals surface area contributed by atoms with E-state index in [4.69, 9.17) is 5.73 Å². The SMILES string of the molecule is CCCc1[nH]n(-c2ccccc2C)c(=O)c1N. The zero-order valence-electron chi connectivity index (χ0n) is 10.2. The smallest absolute Gasteiger partial charge is 0.294 e. The van der Waals surface area contributed by atoms with Gasteiger partial charge in [-0.25, -0.2) is 4.68 Å². The molecular formula is C13H17N3O. The molecule has 0 aliphatic heterocycles. The molecule has 0 saturated carbocycles. The monoisotopic (exact) mass is 231 g/mol. The van der Waals surface area contributed by atoms with Gasteiger partial charge in [-0.1, -0.05) is 31.5 Å². The first kappa shape index (κ1) is 11.5. The topological polar surface area (TPSA) is 63.8 Å². The summed E-state index contributed by atoms with van der Waals surface area (Å²) in [5, 5.41) is 3.09. The number of hydrogen-bond donors (Lipinski definition) is 2. The maximum atomic E-state index is 12.0. The lowest BCUT2D eigenvalue weighted by molar-refractivity contribution is 0.790. The van der Waals surface area contributed by atoms with Gasteiger partial charge in [-0.15, -0.1) is 0 Å². The Bertz CT molecular complexity index is 581. The standard InChI is InChI=1S/C13H17N3O/c1-3-6-10-12(14)13(17)16(15-10)11-8-5-4-7-9(11)2/h4-5,7-8,15H,3,6,14H2,1-2H3. The van der Waals surface area contributed by atoms with E-state index in [1.165, 1.54) is 4.68 Å². The number of nitrogens with one attached hydrogen (secondary N) is 1. The van der Waals surface area contributed by atoms with Gasteiger partial charge in [0.15, 0.2) is 0 Å². The summed E-state index contributed by atoms with van der Waals surface area (Å²) in [5.74, 6) is 0. The van der Waals surface area contributed by atoms with Crippen molar-refractivity contribution in [3.05, 3.63) is 45.9 Å². The summed E-state index contributed by atoms with van der Waals surface area (Å²) in [6.45, 7) is 4.03. The number of hydrogen-bond acceptors (Lipinski definition) is 2. The first-order valence-corrected chi connectivity index (χ1v) is 5.80. The van der Waals surface area contributed by atoms with Crippen molar-refractivity contribution in [2.24, 2.45) is 0 Å². The molecule has 0 bridgehead atoms. The van der Waals surface area contributed by atoms with E-state index in [1.807, 2.05) is 31.2 Å². The number of rotatable bonds is 3. The maximum Gasteiger partial charge on any atom is 0.294 e. The highest BCUT2D eigenvalue weighted by molar-refractivity contribution is 5.46. The Morgan fingerprint density at radius 1 is 1.35 bits per heavy atom. The average molecular weight is 231 g/mol. The molecule has 3 N–H and O–H groups in total. The molecule has 0 saturated heterocycles. The highest BCUT2D eigenvalue weighted by Crippen LogP contribution is 2.13. The predicted octanol–water partition coefficient (Wildman–Crippen LogP) is 2.01. The van der Waals surface area contributed by atoms with E-state index in [-0.39, 0.29) is 5.56 Å². The third kappa shape index (κ3) is 1.98. The highest BCUT2D eigenvalue weighted by atomic mass is 16.1. The fourth-order valence-corrected chi connectivity index (χ4v) is 1.92. The second kappa shape index (κ2) is 4.49. The highest BCUT2D eigenvalue weighted by Gasteiger charge is 2.12. The van der Waals surface area contributed by atoms with E-state index in [0.717, 1.165) is 29.8 Å². The van der Waals surface area contributed by atoms with E-state index in [9.17, 15) is 4.79 Å². The van der Waals surface area contributed by atoms with Crippen molar-refractivity contribution in [2.75, 3.05) is 5.73 Å². The van der Waals surface area contributed by atoms with Crippen LogP contribution in [-0.2, 0) is 6.42 Å². The van der Waals surface area contributed by atoms with E-state index < -0.39 is 0 Å². The number of aromatic amines is 1. The van der Waals surface area contributed by atoms with E-state index in [2.05, 4.69) is 12.0 Å². The molecular weight excluding hydrogens is 214 g/mol. The van der Waals surface area contributed by atoms with Gasteiger partial charge in [0.05, 0.1) is 11.4 Å². The number of benzene rings is 1. The van der Waals surface area contributed by atoms with Gasteiger partial charge >= 0.3 is 0 Å². The Labute approximate surface area is 100 Å². The largest absolute Gasteiger partial charge is 0.393 e. The van der Waals surface area contributed by atoms with Crippen molar-refractivity contribution < 1.29 is 0 Å².